The third-order valence-electron chi connectivity index (χ3n) is 3.00. The van der Waals surface area contributed by atoms with Gasteiger partial charge in [0.25, 0.3) is 0 Å². The molecule has 0 spiro atoms. The smallest absolute Gasteiger partial charge is 0.219 e. The fourth-order valence-corrected chi connectivity index (χ4v) is 1.97. The van der Waals surface area contributed by atoms with E-state index in [4.69, 9.17) is 9.15 Å². The number of rotatable bonds is 6. The lowest BCUT2D eigenvalue weighted by atomic mass is 10.0. The van der Waals surface area contributed by atoms with Crippen molar-refractivity contribution in [2.45, 2.75) is 38.5 Å². The Hall–Kier alpha value is -0.940. The molecule has 0 amide bonds. The van der Waals surface area contributed by atoms with Crippen molar-refractivity contribution in [2.24, 2.45) is 0 Å². The van der Waals surface area contributed by atoms with Gasteiger partial charge in [-0.25, -0.2) is 0 Å². The van der Waals surface area contributed by atoms with Crippen LogP contribution < -0.4 is 5.32 Å². The zero-order valence-corrected chi connectivity index (χ0v) is 10.4. The number of ether oxygens (including phenoxy) is 1. The van der Waals surface area contributed by atoms with E-state index in [1.165, 1.54) is 0 Å². The molecule has 0 saturated carbocycles. The van der Waals surface area contributed by atoms with Crippen LogP contribution in [-0.4, -0.2) is 36.5 Å². The van der Waals surface area contributed by atoms with Crippen LogP contribution in [0.3, 0.4) is 0 Å². The third kappa shape index (κ3) is 3.78. The second-order valence-corrected chi connectivity index (χ2v) is 4.42. The van der Waals surface area contributed by atoms with Crippen molar-refractivity contribution >= 4 is 0 Å². The second-order valence-electron chi connectivity index (χ2n) is 4.42. The highest BCUT2D eigenvalue weighted by Crippen LogP contribution is 2.25. The van der Waals surface area contributed by atoms with E-state index in [-0.39, 0.29) is 0 Å². The first-order valence-electron chi connectivity index (χ1n) is 6.51. The van der Waals surface area contributed by atoms with Gasteiger partial charge in [-0.15, -0.1) is 10.2 Å². The predicted octanol–water partition coefficient (Wildman–Crippen LogP) is 1.51. The van der Waals surface area contributed by atoms with Gasteiger partial charge in [-0.05, 0) is 25.8 Å². The lowest BCUT2D eigenvalue weighted by Gasteiger charge is -2.18. The van der Waals surface area contributed by atoms with Gasteiger partial charge in [-0.3, -0.25) is 0 Å². The minimum absolute atomic E-state index is 0.397. The van der Waals surface area contributed by atoms with Crippen molar-refractivity contribution in [3.05, 3.63) is 11.8 Å². The number of aromatic nitrogens is 2. The van der Waals surface area contributed by atoms with E-state index in [9.17, 15) is 0 Å². The zero-order chi connectivity index (χ0) is 11.9. The fourth-order valence-electron chi connectivity index (χ4n) is 1.97. The van der Waals surface area contributed by atoms with E-state index in [1.807, 2.05) is 0 Å². The molecule has 1 aromatic heterocycles. The zero-order valence-electron chi connectivity index (χ0n) is 10.4. The summed E-state index contributed by atoms with van der Waals surface area (Å²) in [7, 11) is 0. The molecule has 0 bridgehead atoms. The highest BCUT2D eigenvalue weighted by atomic mass is 16.5. The van der Waals surface area contributed by atoms with Crippen molar-refractivity contribution in [1.29, 1.82) is 0 Å². The normalized spacial score (nSPS) is 17.5. The molecule has 1 aliphatic rings. The van der Waals surface area contributed by atoms with E-state index in [0.717, 1.165) is 63.8 Å². The molecule has 1 aliphatic heterocycles. The summed E-state index contributed by atoms with van der Waals surface area (Å²) in [6.07, 6.45) is 3.96. The Kier molecular flexibility index (Phi) is 4.94. The first-order chi connectivity index (χ1) is 8.40. The second kappa shape index (κ2) is 6.71. The van der Waals surface area contributed by atoms with Crippen molar-refractivity contribution < 1.29 is 9.15 Å². The number of nitrogens with one attached hydrogen (secondary N) is 1. The summed E-state index contributed by atoms with van der Waals surface area (Å²) >= 11 is 0. The van der Waals surface area contributed by atoms with Crippen LogP contribution >= 0.6 is 0 Å². The van der Waals surface area contributed by atoms with Crippen LogP contribution in [-0.2, 0) is 11.2 Å². The van der Waals surface area contributed by atoms with Gasteiger partial charge in [0.15, 0.2) is 0 Å². The Morgan fingerprint density at radius 1 is 1.24 bits per heavy atom. The van der Waals surface area contributed by atoms with Gasteiger partial charge in [0, 0.05) is 32.1 Å². The van der Waals surface area contributed by atoms with Gasteiger partial charge in [0.1, 0.15) is 0 Å². The Bertz CT molecular complexity index is 321. The van der Waals surface area contributed by atoms with Gasteiger partial charge in [0.05, 0.1) is 0 Å². The van der Waals surface area contributed by atoms with Crippen LogP contribution in [0.5, 0.6) is 0 Å². The highest BCUT2D eigenvalue weighted by molar-refractivity contribution is 4.93. The molecule has 0 atom stereocenters. The van der Waals surface area contributed by atoms with Gasteiger partial charge in [-0.2, -0.15) is 0 Å². The van der Waals surface area contributed by atoms with Crippen LogP contribution in [0, 0.1) is 0 Å². The molecule has 1 N–H and O–H groups in total. The third-order valence-corrected chi connectivity index (χ3v) is 3.00. The Labute approximate surface area is 102 Å². The topological polar surface area (TPSA) is 60.2 Å². The molecule has 5 heteroatoms. The summed E-state index contributed by atoms with van der Waals surface area (Å²) < 4.78 is 11.0. The molecule has 0 aromatic carbocycles. The van der Waals surface area contributed by atoms with E-state index >= 15 is 0 Å². The van der Waals surface area contributed by atoms with Crippen molar-refractivity contribution in [1.82, 2.24) is 15.5 Å². The molecule has 1 fully saturated rings. The van der Waals surface area contributed by atoms with Gasteiger partial charge >= 0.3 is 0 Å². The minimum Gasteiger partial charge on any atom is -0.425 e. The first-order valence-corrected chi connectivity index (χ1v) is 6.51. The number of nitrogens with zero attached hydrogens (tertiary/aromatic N) is 2. The van der Waals surface area contributed by atoms with Gasteiger partial charge in [-0.1, -0.05) is 6.92 Å². The molecule has 0 radical (unpaired) electrons. The SMILES string of the molecule is CCCNCCc1nnc(C2CCOCC2)o1. The van der Waals surface area contributed by atoms with Crippen LogP contribution in [0.15, 0.2) is 4.42 Å². The number of hydrogen-bond acceptors (Lipinski definition) is 5. The molecule has 17 heavy (non-hydrogen) atoms. The average Bonchev–Trinajstić information content (AvgIpc) is 2.85. The lowest BCUT2D eigenvalue weighted by Crippen LogP contribution is -2.17. The maximum atomic E-state index is 5.69. The first kappa shape index (κ1) is 12.5. The molecular formula is C12H21N3O2. The van der Waals surface area contributed by atoms with E-state index in [1.54, 1.807) is 0 Å². The summed E-state index contributed by atoms with van der Waals surface area (Å²) in [4.78, 5) is 0. The monoisotopic (exact) mass is 239 g/mol. The maximum Gasteiger partial charge on any atom is 0.219 e. The van der Waals surface area contributed by atoms with Crippen molar-refractivity contribution in [2.75, 3.05) is 26.3 Å². The summed E-state index contributed by atoms with van der Waals surface area (Å²) in [5, 5.41) is 11.6. The summed E-state index contributed by atoms with van der Waals surface area (Å²) in [5.41, 5.74) is 0. The molecule has 1 aromatic rings. The lowest BCUT2D eigenvalue weighted by molar-refractivity contribution is 0.0791. The maximum absolute atomic E-state index is 5.69. The summed E-state index contributed by atoms with van der Waals surface area (Å²) in [5.74, 6) is 1.93. The molecular weight excluding hydrogens is 218 g/mol. The largest absolute Gasteiger partial charge is 0.425 e. The molecule has 0 unspecified atom stereocenters. The Morgan fingerprint density at radius 3 is 2.82 bits per heavy atom. The Balaban J connectivity index is 1.78. The fraction of sp³-hybridized carbons (Fsp3) is 0.833. The van der Waals surface area contributed by atoms with E-state index in [2.05, 4.69) is 22.4 Å². The summed E-state index contributed by atoms with van der Waals surface area (Å²) in [6, 6.07) is 0. The molecule has 5 nitrogen and oxygen atoms in total. The van der Waals surface area contributed by atoms with E-state index in [0.29, 0.717) is 5.92 Å². The highest BCUT2D eigenvalue weighted by Gasteiger charge is 2.21. The van der Waals surface area contributed by atoms with Crippen LogP contribution in [0.1, 0.15) is 43.9 Å². The molecule has 0 aliphatic carbocycles. The molecule has 2 heterocycles. The number of hydrogen-bond donors (Lipinski definition) is 1. The molecule has 2 rings (SSSR count). The summed E-state index contributed by atoms with van der Waals surface area (Å²) in [6.45, 7) is 5.72. The molecule has 96 valence electrons. The van der Waals surface area contributed by atoms with Gasteiger partial charge in [0.2, 0.25) is 11.8 Å². The van der Waals surface area contributed by atoms with Crippen molar-refractivity contribution in [3.8, 4) is 0 Å². The van der Waals surface area contributed by atoms with Gasteiger partial charge < -0.3 is 14.5 Å². The predicted molar refractivity (Wildman–Crippen MR) is 64.0 cm³/mol. The standard InChI is InChI=1S/C12H21N3O2/c1-2-6-13-7-3-11-14-15-12(17-11)10-4-8-16-9-5-10/h10,13H,2-9H2,1H3. The van der Waals surface area contributed by atoms with E-state index < -0.39 is 0 Å². The van der Waals surface area contributed by atoms with Crippen LogP contribution in [0.25, 0.3) is 0 Å². The van der Waals surface area contributed by atoms with Crippen LogP contribution in [0.4, 0.5) is 0 Å². The minimum atomic E-state index is 0.397. The average molecular weight is 239 g/mol. The van der Waals surface area contributed by atoms with Crippen molar-refractivity contribution in [3.63, 3.8) is 0 Å². The molecule has 1 saturated heterocycles. The Morgan fingerprint density at radius 2 is 2.06 bits per heavy atom. The quantitative estimate of drug-likeness (QED) is 0.762. The van der Waals surface area contributed by atoms with Crippen LogP contribution in [0.2, 0.25) is 0 Å².